The topological polar surface area (TPSA) is 52.0 Å². The average molecular weight is 382 g/mol. The molecule has 2 rings (SSSR count). The van der Waals surface area contributed by atoms with Crippen LogP contribution in [0.2, 0.25) is 0 Å². The maximum atomic E-state index is 12.2. The second-order valence-corrected chi connectivity index (χ2v) is 5.71. The molecule has 1 aromatic heterocycles. The van der Waals surface area contributed by atoms with Gasteiger partial charge in [0.2, 0.25) is 0 Å². The average Bonchev–Trinajstić information content (AvgIpc) is 2.45. The van der Waals surface area contributed by atoms with Crippen molar-refractivity contribution in [2.45, 2.75) is 26.3 Å². The minimum Gasteiger partial charge on any atom is -0.292 e. The largest absolute Gasteiger partial charge is 0.292 e. The van der Waals surface area contributed by atoms with Crippen molar-refractivity contribution in [3.63, 3.8) is 0 Å². The van der Waals surface area contributed by atoms with E-state index in [9.17, 15) is 9.59 Å². The molecule has 0 aliphatic carbocycles. The van der Waals surface area contributed by atoms with Gasteiger partial charge in [0.15, 0.2) is 5.78 Å². The number of hydrogen-bond donors (Lipinski definition) is 0. The van der Waals surface area contributed by atoms with E-state index in [1.807, 2.05) is 46.9 Å². The van der Waals surface area contributed by atoms with Gasteiger partial charge in [0.1, 0.15) is 0 Å². The molecule has 1 heterocycles. The first kappa shape index (κ1) is 14.9. The fourth-order valence-electron chi connectivity index (χ4n) is 1.93. The van der Waals surface area contributed by atoms with Gasteiger partial charge in [-0.2, -0.15) is 0 Å². The van der Waals surface area contributed by atoms with Crippen LogP contribution in [0.5, 0.6) is 0 Å². The molecule has 0 aliphatic rings. The van der Waals surface area contributed by atoms with Gasteiger partial charge < -0.3 is 0 Å². The van der Waals surface area contributed by atoms with Crippen molar-refractivity contribution in [1.29, 1.82) is 0 Å². The lowest BCUT2D eigenvalue weighted by Crippen LogP contribution is -2.26. The Morgan fingerprint density at radius 1 is 1.30 bits per heavy atom. The minimum atomic E-state index is -0.184. The van der Waals surface area contributed by atoms with E-state index >= 15 is 0 Å². The van der Waals surface area contributed by atoms with Gasteiger partial charge in [-0.3, -0.25) is 14.2 Å². The Bertz CT molecular complexity index is 662. The number of carbonyl (C=O) groups is 1. The molecule has 20 heavy (non-hydrogen) atoms. The predicted molar refractivity (Wildman–Crippen MR) is 86.0 cm³/mol. The quantitative estimate of drug-likeness (QED) is 0.590. The molecule has 0 N–H and O–H groups in total. The van der Waals surface area contributed by atoms with Crippen LogP contribution in [-0.2, 0) is 13.0 Å². The molecular formula is C15H15IN2O2. The summed E-state index contributed by atoms with van der Waals surface area (Å²) in [6.45, 7) is 2.14. The molecule has 0 radical (unpaired) electrons. The molecule has 0 bridgehead atoms. The van der Waals surface area contributed by atoms with Crippen molar-refractivity contribution in [2.24, 2.45) is 0 Å². The Labute approximate surface area is 131 Å². The predicted octanol–water partition coefficient (Wildman–Crippen LogP) is 2.68. The summed E-state index contributed by atoms with van der Waals surface area (Å²) in [5.74, 6) is -0.0843. The van der Waals surface area contributed by atoms with Gasteiger partial charge in [-0.05, 0) is 34.6 Å². The molecule has 5 heteroatoms. The van der Waals surface area contributed by atoms with Gasteiger partial charge in [0, 0.05) is 11.8 Å². The third-order valence-corrected chi connectivity index (χ3v) is 3.73. The summed E-state index contributed by atoms with van der Waals surface area (Å²) in [5.41, 5.74) is 1.66. The van der Waals surface area contributed by atoms with Crippen LogP contribution in [0.4, 0.5) is 0 Å². The highest BCUT2D eigenvalue weighted by atomic mass is 127. The molecule has 0 amide bonds. The van der Waals surface area contributed by atoms with Crippen LogP contribution in [0.3, 0.4) is 0 Å². The summed E-state index contributed by atoms with van der Waals surface area (Å²) in [6.07, 6.45) is 4.97. The van der Waals surface area contributed by atoms with E-state index in [0.717, 1.165) is 12.8 Å². The number of carbonyl (C=O) groups excluding carboxylic acids is 1. The summed E-state index contributed by atoms with van der Waals surface area (Å²) in [4.78, 5) is 27.9. The second kappa shape index (κ2) is 6.78. The van der Waals surface area contributed by atoms with E-state index in [1.165, 1.54) is 22.7 Å². The van der Waals surface area contributed by atoms with Crippen molar-refractivity contribution in [3.05, 3.63) is 61.8 Å². The summed E-state index contributed by atoms with van der Waals surface area (Å²) in [5, 5.41) is 0. The van der Waals surface area contributed by atoms with Crippen LogP contribution < -0.4 is 5.56 Å². The van der Waals surface area contributed by atoms with Gasteiger partial charge in [-0.15, -0.1) is 0 Å². The molecule has 1 aromatic carbocycles. The Kier molecular flexibility index (Phi) is 5.05. The van der Waals surface area contributed by atoms with Crippen LogP contribution >= 0.6 is 22.6 Å². The van der Waals surface area contributed by atoms with Gasteiger partial charge in [0.25, 0.3) is 5.56 Å². The zero-order valence-electron chi connectivity index (χ0n) is 11.2. The molecule has 0 unspecified atom stereocenters. The zero-order valence-corrected chi connectivity index (χ0v) is 13.3. The molecule has 0 saturated heterocycles. The van der Waals surface area contributed by atoms with Gasteiger partial charge in [0.05, 0.1) is 16.4 Å². The van der Waals surface area contributed by atoms with Gasteiger partial charge >= 0.3 is 0 Å². The van der Waals surface area contributed by atoms with Crippen LogP contribution in [0, 0.1) is 3.57 Å². The molecule has 2 aromatic rings. The van der Waals surface area contributed by atoms with Crippen molar-refractivity contribution >= 4 is 28.4 Å². The number of aromatic nitrogens is 2. The summed E-state index contributed by atoms with van der Waals surface area (Å²) < 4.78 is 1.85. The van der Waals surface area contributed by atoms with E-state index in [4.69, 9.17) is 0 Å². The number of Topliss-reactive ketones (excluding diaryl/α,β-unsaturated/α-hetero) is 1. The number of rotatable bonds is 5. The zero-order chi connectivity index (χ0) is 14.5. The third-order valence-electron chi connectivity index (χ3n) is 2.99. The molecule has 104 valence electrons. The van der Waals surface area contributed by atoms with Gasteiger partial charge in [-0.1, -0.05) is 37.6 Å². The number of ketones is 1. The molecule has 0 spiro atoms. The Balaban J connectivity index is 2.15. The van der Waals surface area contributed by atoms with Crippen LogP contribution in [-0.4, -0.2) is 15.3 Å². The maximum Gasteiger partial charge on any atom is 0.267 e. The smallest absolute Gasteiger partial charge is 0.267 e. The lowest BCUT2D eigenvalue weighted by molar-refractivity contribution is 0.0970. The van der Waals surface area contributed by atoms with Crippen LogP contribution in [0.15, 0.2) is 41.6 Å². The first-order valence-electron chi connectivity index (χ1n) is 6.44. The monoisotopic (exact) mass is 382 g/mol. The van der Waals surface area contributed by atoms with Crippen LogP contribution in [0.1, 0.15) is 29.3 Å². The number of aryl methyl sites for hydroxylation is 1. The number of benzene rings is 1. The van der Waals surface area contributed by atoms with Crippen molar-refractivity contribution in [3.8, 4) is 0 Å². The highest BCUT2D eigenvalue weighted by molar-refractivity contribution is 14.1. The van der Waals surface area contributed by atoms with Crippen molar-refractivity contribution in [2.75, 3.05) is 0 Å². The minimum absolute atomic E-state index is 0.0236. The maximum absolute atomic E-state index is 12.2. The summed E-state index contributed by atoms with van der Waals surface area (Å²) >= 11 is 1.92. The standard InChI is InChI=1S/C15H15IN2O2/c1-2-3-11-4-6-12(7-5-11)14(19)9-18-10-17-8-13(16)15(18)20/h4-8,10H,2-3,9H2,1H3. The highest BCUT2D eigenvalue weighted by Crippen LogP contribution is 2.08. The Morgan fingerprint density at radius 3 is 2.65 bits per heavy atom. The van der Waals surface area contributed by atoms with E-state index in [-0.39, 0.29) is 17.9 Å². The second-order valence-electron chi connectivity index (χ2n) is 4.54. The first-order valence-corrected chi connectivity index (χ1v) is 7.51. The lowest BCUT2D eigenvalue weighted by Gasteiger charge is -2.05. The van der Waals surface area contributed by atoms with E-state index in [1.54, 1.807) is 0 Å². The Morgan fingerprint density at radius 2 is 2.00 bits per heavy atom. The SMILES string of the molecule is CCCc1ccc(C(=O)Cn2cncc(I)c2=O)cc1. The summed E-state index contributed by atoms with van der Waals surface area (Å²) in [6, 6.07) is 7.57. The molecule has 4 nitrogen and oxygen atoms in total. The molecule has 0 atom stereocenters. The Hall–Kier alpha value is -1.50. The molecule has 0 aliphatic heterocycles. The molecule has 0 saturated carbocycles. The first-order chi connectivity index (χ1) is 9.61. The fraction of sp³-hybridized carbons (Fsp3) is 0.267. The normalized spacial score (nSPS) is 10.5. The van der Waals surface area contributed by atoms with E-state index < -0.39 is 0 Å². The van der Waals surface area contributed by atoms with Gasteiger partial charge in [-0.25, -0.2) is 4.98 Å². The molecular weight excluding hydrogens is 367 g/mol. The highest BCUT2D eigenvalue weighted by Gasteiger charge is 2.09. The van der Waals surface area contributed by atoms with Crippen LogP contribution in [0.25, 0.3) is 0 Å². The van der Waals surface area contributed by atoms with E-state index in [0.29, 0.717) is 9.13 Å². The molecule has 0 fully saturated rings. The fourth-order valence-corrected chi connectivity index (χ4v) is 2.40. The number of hydrogen-bond acceptors (Lipinski definition) is 3. The number of halogens is 1. The van der Waals surface area contributed by atoms with Crippen molar-refractivity contribution in [1.82, 2.24) is 9.55 Å². The lowest BCUT2D eigenvalue weighted by atomic mass is 10.1. The third kappa shape index (κ3) is 3.53. The van der Waals surface area contributed by atoms with E-state index in [2.05, 4.69) is 11.9 Å². The van der Waals surface area contributed by atoms with Crippen molar-refractivity contribution < 1.29 is 4.79 Å². The number of nitrogens with zero attached hydrogens (tertiary/aromatic N) is 2. The summed E-state index contributed by atoms with van der Waals surface area (Å²) in [7, 11) is 0.